The van der Waals surface area contributed by atoms with Gasteiger partial charge in [-0.2, -0.15) is 0 Å². The number of rotatable bonds is 6. The van der Waals surface area contributed by atoms with Gasteiger partial charge < -0.3 is 16.4 Å². The molecule has 0 spiro atoms. The van der Waals surface area contributed by atoms with Gasteiger partial charge in [-0.05, 0) is 12.0 Å². The summed E-state index contributed by atoms with van der Waals surface area (Å²) in [5, 5.41) is 5.30. The van der Waals surface area contributed by atoms with Gasteiger partial charge in [-0.15, -0.1) is 12.4 Å². The van der Waals surface area contributed by atoms with E-state index in [9.17, 15) is 9.59 Å². The van der Waals surface area contributed by atoms with E-state index in [4.69, 9.17) is 5.73 Å². The number of benzene rings is 1. The molecule has 0 saturated carbocycles. The maximum Gasteiger partial charge on any atom is 0.239 e. The van der Waals surface area contributed by atoms with Crippen LogP contribution in [0.3, 0.4) is 0 Å². The smallest absolute Gasteiger partial charge is 0.239 e. The van der Waals surface area contributed by atoms with Gasteiger partial charge in [-0.3, -0.25) is 9.59 Å². The Bertz CT molecular complexity index is 398. The molecule has 0 saturated heterocycles. The molecule has 4 N–H and O–H groups in total. The lowest BCUT2D eigenvalue weighted by atomic mass is 10.0. The Labute approximate surface area is 119 Å². The van der Waals surface area contributed by atoms with Crippen molar-refractivity contribution in [2.24, 2.45) is 5.73 Å². The molecule has 6 heteroatoms. The lowest BCUT2D eigenvalue weighted by Gasteiger charge is -2.17. The van der Waals surface area contributed by atoms with E-state index < -0.39 is 0 Å². The van der Waals surface area contributed by atoms with E-state index in [1.807, 2.05) is 37.3 Å². The first-order chi connectivity index (χ1) is 8.67. The van der Waals surface area contributed by atoms with Gasteiger partial charge in [0.05, 0.1) is 19.1 Å². The average Bonchev–Trinajstić information content (AvgIpc) is 2.43. The summed E-state index contributed by atoms with van der Waals surface area (Å²) in [6.45, 7) is 1.85. The molecule has 0 aliphatic rings. The summed E-state index contributed by atoms with van der Waals surface area (Å²) in [4.78, 5) is 22.6. The third-order valence-corrected chi connectivity index (χ3v) is 2.58. The fourth-order valence-corrected chi connectivity index (χ4v) is 1.60. The van der Waals surface area contributed by atoms with Crippen molar-refractivity contribution in [3.05, 3.63) is 35.9 Å². The minimum absolute atomic E-state index is 0. The van der Waals surface area contributed by atoms with Gasteiger partial charge in [0.2, 0.25) is 11.8 Å². The van der Waals surface area contributed by atoms with E-state index in [2.05, 4.69) is 10.6 Å². The van der Waals surface area contributed by atoms with Crippen molar-refractivity contribution in [2.75, 3.05) is 13.1 Å². The Hall–Kier alpha value is -1.59. The fourth-order valence-electron chi connectivity index (χ4n) is 1.60. The number of nitrogens with one attached hydrogen (secondary N) is 2. The van der Waals surface area contributed by atoms with Gasteiger partial charge in [0, 0.05) is 0 Å². The summed E-state index contributed by atoms with van der Waals surface area (Å²) in [7, 11) is 0. The highest BCUT2D eigenvalue weighted by Crippen LogP contribution is 2.15. The topological polar surface area (TPSA) is 84.2 Å². The van der Waals surface area contributed by atoms with Gasteiger partial charge >= 0.3 is 0 Å². The van der Waals surface area contributed by atoms with Crippen LogP contribution in [0.5, 0.6) is 0 Å². The summed E-state index contributed by atoms with van der Waals surface area (Å²) in [6, 6.07) is 9.69. The van der Waals surface area contributed by atoms with Crippen molar-refractivity contribution >= 4 is 24.2 Å². The van der Waals surface area contributed by atoms with Gasteiger partial charge in [0.1, 0.15) is 0 Å². The predicted molar refractivity (Wildman–Crippen MR) is 76.9 cm³/mol. The first-order valence-corrected chi connectivity index (χ1v) is 5.98. The van der Waals surface area contributed by atoms with Crippen LogP contribution < -0.4 is 16.4 Å². The molecule has 19 heavy (non-hydrogen) atoms. The molecule has 106 valence electrons. The molecule has 0 bridgehead atoms. The number of halogens is 1. The second-order valence-electron chi connectivity index (χ2n) is 3.92. The highest BCUT2D eigenvalue weighted by atomic mass is 35.5. The molecule has 0 radical (unpaired) electrons. The lowest BCUT2D eigenvalue weighted by molar-refractivity contribution is -0.125. The van der Waals surface area contributed by atoms with E-state index >= 15 is 0 Å². The van der Waals surface area contributed by atoms with E-state index in [-0.39, 0.29) is 43.4 Å². The van der Waals surface area contributed by atoms with Crippen LogP contribution in [0.25, 0.3) is 0 Å². The van der Waals surface area contributed by atoms with Crippen LogP contribution in [0.2, 0.25) is 0 Å². The van der Waals surface area contributed by atoms with E-state index in [0.717, 1.165) is 12.0 Å². The number of hydrogen-bond donors (Lipinski definition) is 3. The Morgan fingerprint density at radius 1 is 1.21 bits per heavy atom. The van der Waals surface area contributed by atoms with E-state index in [1.54, 1.807) is 0 Å². The van der Waals surface area contributed by atoms with Crippen molar-refractivity contribution in [3.63, 3.8) is 0 Å². The van der Waals surface area contributed by atoms with Gasteiger partial charge in [0.15, 0.2) is 0 Å². The molecule has 1 aromatic carbocycles. The van der Waals surface area contributed by atoms with E-state index in [1.165, 1.54) is 0 Å². The van der Waals surface area contributed by atoms with Crippen LogP contribution in [0.4, 0.5) is 0 Å². The Balaban J connectivity index is 0.00000324. The molecule has 5 nitrogen and oxygen atoms in total. The highest BCUT2D eigenvalue weighted by Gasteiger charge is 2.12. The SMILES string of the molecule is CCC(NC(=O)CNC(=O)CN)c1ccccc1.Cl. The van der Waals surface area contributed by atoms with Crippen molar-refractivity contribution < 1.29 is 9.59 Å². The van der Waals surface area contributed by atoms with Gasteiger partial charge in [-0.25, -0.2) is 0 Å². The molecule has 0 aromatic heterocycles. The maximum absolute atomic E-state index is 11.6. The second kappa shape index (κ2) is 9.35. The molecule has 0 fully saturated rings. The molecule has 2 amide bonds. The van der Waals surface area contributed by atoms with Gasteiger partial charge in [0.25, 0.3) is 0 Å². The van der Waals surface area contributed by atoms with Crippen LogP contribution in [-0.2, 0) is 9.59 Å². The average molecular weight is 286 g/mol. The van der Waals surface area contributed by atoms with Crippen LogP contribution >= 0.6 is 12.4 Å². The molecule has 0 heterocycles. The van der Waals surface area contributed by atoms with E-state index in [0.29, 0.717) is 0 Å². The zero-order chi connectivity index (χ0) is 13.4. The van der Waals surface area contributed by atoms with Gasteiger partial charge in [-0.1, -0.05) is 37.3 Å². The molecular formula is C13H20ClN3O2. The summed E-state index contributed by atoms with van der Waals surface area (Å²) < 4.78 is 0. The quantitative estimate of drug-likeness (QED) is 0.721. The standard InChI is InChI=1S/C13H19N3O2.ClH/c1-2-11(10-6-4-3-5-7-10)16-13(18)9-15-12(17)8-14;/h3-7,11H,2,8-9,14H2,1H3,(H,15,17)(H,16,18);1H. The number of nitrogens with two attached hydrogens (primary N) is 1. The third kappa shape index (κ3) is 6.22. The Morgan fingerprint density at radius 2 is 1.84 bits per heavy atom. The van der Waals surface area contributed by atoms with Crippen molar-refractivity contribution in [1.29, 1.82) is 0 Å². The minimum Gasteiger partial charge on any atom is -0.348 e. The number of carbonyl (C=O) groups is 2. The molecule has 1 aromatic rings. The van der Waals surface area contributed by atoms with Crippen LogP contribution in [0.1, 0.15) is 24.9 Å². The molecule has 0 aliphatic carbocycles. The first-order valence-electron chi connectivity index (χ1n) is 5.98. The summed E-state index contributed by atoms with van der Waals surface area (Å²) in [5.74, 6) is -0.551. The molecule has 1 rings (SSSR count). The number of carbonyl (C=O) groups excluding carboxylic acids is 2. The Morgan fingerprint density at radius 3 is 2.37 bits per heavy atom. The predicted octanol–water partition coefficient (Wildman–Crippen LogP) is 0.751. The Kier molecular flexibility index (Phi) is 8.57. The van der Waals surface area contributed by atoms with Crippen LogP contribution in [0.15, 0.2) is 30.3 Å². The first kappa shape index (κ1) is 17.4. The number of amides is 2. The molecule has 0 aliphatic heterocycles. The third-order valence-electron chi connectivity index (χ3n) is 2.58. The second-order valence-corrected chi connectivity index (χ2v) is 3.92. The molecule has 1 unspecified atom stereocenters. The normalized spacial score (nSPS) is 11.1. The molecular weight excluding hydrogens is 266 g/mol. The van der Waals surface area contributed by atoms with Crippen molar-refractivity contribution in [1.82, 2.24) is 10.6 Å². The molecule has 1 atom stereocenters. The number of hydrogen-bond acceptors (Lipinski definition) is 3. The largest absolute Gasteiger partial charge is 0.348 e. The zero-order valence-corrected chi connectivity index (χ0v) is 11.7. The van der Waals surface area contributed by atoms with Crippen LogP contribution in [0, 0.1) is 0 Å². The van der Waals surface area contributed by atoms with Crippen LogP contribution in [-0.4, -0.2) is 24.9 Å². The summed E-state index contributed by atoms with van der Waals surface area (Å²) in [6.07, 6.45) is 0.792. The minimum atomic E-state index is -0.335. The maximum atomic E-state index is 11.6. The lowest BCUT2D eigenvalue weighted by Crippen LogP contribution is -2.40. The summed E-state index contributed by atoms with van der Waals surface area (Å²) >= 11 is 0. The fraction of sp³-hybridized carbons (Fsp3) is 0.385. The zero-order valence-electron chi connectivity index (χ0n) is 10.9. The van der Waals surface area contributed by atoms with Crippen molar-refractivity contribution in [3.8, 4) is 0 Å². The summed E-state index contributed by atoms with van der Waals surface area (Å²) in [5.41, 5.74) is 6.19. The monoisotopic (exact) mass is 285 g/mol. The highest BCUT2D eigenvalue weighted by molar-refractivity contribution is 5.85. The van der Waals surface area contributed by atoms with Crippen molar-refractivity contribution in [2.45, 2.75) is 19.4 Å².